The minimum atomic E-state index is -3.04. The van der Waals surface area contributed by atoms with Crippen LogP contribution >= 0.6 is 0 Å². The number of amides is 3. The van der Waals surface area contributed by atoms with Crippen LogP contribution in [0.1, 0.15) is 166 Å². The molecule has 2 fully saturated rings. The molecule has 90 heavy (non-hydrogen) atoms. The van der Waals surface area contributed by atoms with E-state index in [1.807, 2.05) is 19.1 Å². The second-order valence-electron chi connectivity index (χ2n) is 23.4. The van der Waals surface area contributed by atoms with Crippen LogP contribution in [0.5, 0.6) is 0 Å². The molecule has 24 heteroatoms. The van der Waals surface area contributed by atoms with Gasteiger partial charge in [0.2, 0.25) is 11.8 Å². The number of ether oxygens (including phenoxy) is 2. The highest BCUT2D eigenvalue weighted by Crippen LogP contribution is 2.44. The number of nitrogens with one attached hydrogen (secondary N) is 3. The van der Waals surface area contributed by atoms with Crippen molar-refractivity contribution in [1.29, 1.82) is 0 Å². The van der Waals surface area contributed by atoms with Crippen LogP contribution in [0.25, 0.3) is 0 Å². The number of aryl methyl sites for hydroxylation is 6. The number of methoxy groups -OCH3 is 2. The molecular formula is C66H89N7O15S2. The molecule has 0 saturated heterocycles. The number of aromatic carboxylic acids is 2. The molecule has 7 rings (SSSR count). The average Bonchev–Trinajstić information content (AvgIpc) is 2.49. The van der Waals surface area contributed by atoms with Gasteiger partial charge in [-0.2, -0.15) is 0 Å². The monoisotopic (exact) mass is 1280 g/mol. The maximum atomic E-state index is 13.5. The number of benzene rings is 2. The van der Waals surface area contributed by atoms with Gasteiger partial charge >= 0.3 is 23.9 Å². The number of carboxylic acid groups (broad SMARTS) is 2. The highest BCUT2D eigenvalue weighted by atomic mass is 32.2. The summed E-state index contributed by atoms with van der Waals surface area (Å²) in [6.07, 6.45) is 18.2. The van der Waals surface area contributed by atoms with Crippen LogP contribution < -0.4 is 21.7 Å². The third-order valence-electron chi connectivity index (χ3n) is 16.3. The van der Waals surface area contributed by atoms with Crippen molar-refractivity contribution in [3.63, 3.8) is 0 Å². The van der Waals surface area contributed by atoms with Crippen LogP contribution in [0.3, 0.4) is 0 Å². The van der Waals surface area contributed by atoms with E-state index in [1.54, 1.807) is 108 Å². The van der Waals surface area contributed by atoms with Crippen LogP contribution in [0.15, 0.2) is 85.3 Å². The van der Waals surface area contributed by atoms with Crippen molar-refractivity contribution in [1.82, 2.24) is 25.6 Å². The molecular weight excluding hydrogens is 1190 g/mol. The van der Waals surface area contributed by atoms with E-state index in [9.17, 15) is 50.4 Å². The number of pyridine rings is 3. The van der Waals surface area contributed by atoms with Gasteiger partial charge in [0.15, 0.2) is 0 Å². The maximum Gasteiger partial charge on any atom is 0.337 e. The van der Waals surface area contributed by atoms with Gasteiger partial charge in [0, 0.05) is 77.7 Å². The minimum Gasteiger partial charge on any atom is -0.478 e. The Morgan fingerprint density at radius 1 is 0.522 bits per heavy atom. The van der Waals surface area contributed by atoms with Crippen molar-refractivity contribution in [2.75, 3.05) is 49.3 Å². The van der Waals surface area contributed by atoms with Gasteiger partial charge in [-0.05, 0) is 163 Å². The molecule has 2 aromatic carbocycles. The molecule has 2 aliphatic rings. The number of nitrogens with zero attached hydrogens (tertiary/aromatic N) is 3. The zero-order chi connectivity index (χ0) is 67.0. The fourth-order valence-electron chi connectivity index (χ4n) is 11.3. The Labute approximate surface area is 529 Å². The Bertz CT molecular complexity index is 3390. The Hall–Kier alpha value is -8.12. The van der Waals surface area contributed by atoms with Gasteiger partial charge in [0.05, 0.1) is 48.0 Å². The third-order valence-corrected chi connectivity index (χ3v) is 18.3. The first-order valence-electron chi connectivity index (χ1n) is 30.0. The molecule has 3 heterocycles. The predicted molar refractivity (Wildman–Crippen MR) is 345 cm³/mol. The summed E-state index contributed by atoms with van der Waals surface area (Å²) < 4.78 is 55.5. The molecule has 22 nitrogen and oxygen atoms in total. The molecule has 0 aliphatic heterocycles. The van der Waals surface area contributed by atoms with Crippen LogP contribution in [-0.4, -0.2) is 134 Å². The number of esters is 2. The van der Waals surface area contributed by atoms with Gasteiger partial charge in [0.25, 0.3) is 5.91 Å². The second-order valence-corrected chi connectivity index (χ2v) is 27.9. The van der Waals surface area contributed by atoms with Crippen molar-refractivity contribution in [3.05, 3.63) is 147 Å². The van der Waals surface area contributed by atoms with E-state index in [0.717, 1.165) is 79.2 Å². The summed E-state index contributed by atoms with van der Waals surface area (Å²) >= 11 is 0. The Kier molecular flexibility index (Phi) is 28.7. The van der Waals surface area contributed by atoms with Crippen LogP contribution in [0.2, 0.25) is 0 Å². The summed E-state index contributed by atoms with van der Waals surface area (Å²) in [7, 11) is -3.45. The van der Waals surface area contributed by atoms with Crippen LogP contribution in [0.4, 0.5) is 11.4 Å². The highest BCUT2D eigenvalue weighted by molar-refractivity contribution is 7.90. The number of aromatic nitrogens is 3. The van der Waals surface area contributed by atoms with E-state index in [4.69, 9.17) is 25.4 Å². The number of hydrogen-bond acceptors (Lipinski definition) is 17. The number of sulfone groups is 2. The summed E-state index contributed by atoms with van der Waals surface area (Å²) in [5, 5.41) is 26.1. The number of nitrogens with two attached hydrogens (primary N) is 1. The Balaban J connectivity index is 0.000000293. The lowest BCUT2D eigenvalue weighted by Crippen LogP contribution is -2.49. The highest BCUT2D eigenvalue weighted by Gasteiger charge is 2.43. The fourth-order valence-corrected chi connectivity index (χ4v) is 12.8. The molecule has 5 aromatic rings. The summed E-state index contributed by atoms with van der Waals surface area (Å²) in [5.41, 5.74) is 12.8. The van der Waals surface area contributed by atoms with Gasteiger partial charge in [-0.15, -0.1) is 0 Å². The number of carbonyl (C=O) groups excluding carboxylic acids is 5. The van der Waals surface area contributed by atoms with Crippen molar-refractivity contribution in [3.8, 4) is 0 Å². The van der Waals surface area contributed by atoms with Gasteiger partial charge in [0.1, 0.15) is 31.8 Å². The number of hydrogen-bond donors (Lipinski definition) is 6. The standard InChI is InChI=1S/C29H39N3O6S.C21H32N2O5S.2C8H9NO2/c1-20-13-17-30-21(2)25(20)26(33)31-23-11-9-22(10-12-23)19-24(27(34)38-3)32-28(35)29(14-5-6-15-29)16-7-8-18-39(4,36)37;1-28-19(24)18(15-16-7-9-17(22)10-8-16)23-20(25)21(11-3-4-12-21)13-5-6-14-29(2,26)27;2*1-5-3-4-9-6(2)7(5)8(10)11/h9-13,17,24H,5-8,14-16,18-19H2,1-4H3,(H,31,33)(H,32,35);7-10,18H,3-6,11-15,22H2,1-2H3,(H,23,25);2*3-4H,1-2H3,(H,10,11). The van der Waals surface area contributed by atoms with Crippen LogP contribution in [-0.2, 0) is 61.2 Å². The maximum absolute atomic E-state index is 13.5. The molecule has 2 aliphatic carbocycles. The molecule has 0 spiro atoms. The lowest BCUT2D eigenvalue weighted by molar-refractivity contribution is -0.147. The predicted octanol–water partition coefficient (Wildman–Crippen LogP) is 8.96. The van der Waals surface area contributed by atoms with E-state index in [1.165, 1.54) is 26.7 Å². The number of unbranched alkanes of at least 4 members (excludes halogenated alkanes) is 2. The van der Waals surface area contributed by atoms with E-state index in [2.05, 4.69) is 30.9 Å². The number of nitrogen functional groups attached to an aromatic ring is 1. The van der Waals surface area contributed by atoms with Crippen molar-refractivity contribution < 1.29 is 70.1 Å². The zero-order valence-corrected chi connectivity index (χ0v) is 55.0. The van der Waals surface area contributed by atoms with E-state index in [0.29, 0.717) is 90.1 Å². The lowest BCUT2D eigenvalue weighted by atomic mass is 9.80. The first kappa shape index (κ1) is 74.3. The van der Waals surface area contributed by atoms with Gasteiger partial charge in [-0.3, -0.25) is 29.3 Å². The SMILES string of the molecule is COC(=O)C(Cc1ccc(N)cc1)NC(=O)C1(CCCCS(C)(=O)=O)CCCC1.COC(=O)C(Cc1ccc(NC(=O)c2c(C)ccnc2C)cc1)NC(=O)C1(CCCCS(C)(=O)=O)CCCC1.Cc1ccnc(C)c1C(=O)O.Cc1ccnc(C)c1C(=O)O. The Morgan fingerprint density at radius 3 is 1.16 bits per heavy atom. The summed E-state index contributed by atoms with van der Waals surface area (Å²) in [6.45, 7) is 10.6. The Morgan fingerprint density at radius 2 is 0.856 bits per heavy atom. The summed E-state index contributed by atoms with van der Waals surface area (Å²) in [6, 6.07) is 17.8. The van der Waals surface area contributed by atoms with Crippen molar-refractivity contribution in [2.24, 2.45) is 10.8 Å². The number of rotatable bonds is 24. The molecule has 490 valence electrons. The molecule has 7 N–H and O–H groups in total. The third kappa shape index (κ3) is 23.4. The number of carboxylic acids is 2. The minimum absolute atomic E-state index is 0.105. The van der Waals surface area contributed by atoms with Crippen molar-refractivity contribution >= 4 is 72.6 Å². The van der Waals surface area contributed by atoms with E-state index >= 15 is 0 Å². The number of carbonyl (C=O) groups is 7. The second kappa shape index (κ2) is 34.7. The first-order valence-corrected chi connectivity index (χ1v) is 34.1. The molecule has 2 unspecified atom stereocenters. The fraction of sp³-hybridized carbons (Fsp3) is 0.485. The summed E-state index contributed by atoms with van der Waals surface area (Å²) in [4.78, 5) is 97.5. The normalized spacial score (nSPS) is 14.5. The summed E-state index contributed by atoms with van der Waals surface area (Å²) in [5.74, 6) is -3.17. The van der Waals surface area contributed by atoms with Crippen LogP contribution in [0, 0.1) is 52.4 Å². The molecule has 2 atom stereocenters. The van der Waals surface area contributed by atoms with Gasteiger partial charge in [-0.25, -0.2) is 36.0 Å². The molecule has 0 bridgehead atoms. The number of anilines is 2. The van der Waals surface area contributed by atoms with Gasteiger partial charge in [-0.1, -0.05) is 62.8 Å². The van der Waals surface area contributed by atoms with E-state index < -0.39 is 66.5 Å². The lowest BCUT2D eigenvalue weighted by Gasteiger charge is -2.30. The molecule has 0 radical (unpaired) electrons. The first-order chi connectivity index (χ1) is 42.3. The zero-order valence-electron chi connectivity index (χ0n) is 53.4. The van der Waals surface area contributed by atoms with E-state index in [-0.39, 0.29) is 35.6 Å². The smallest absolute Gasteiger partial charge is 0.337 e. The average molecular weight is 1280 g/mol. The topological polar surface area (TPSA) is 347 Å². The largest absolute Gasteiger partial charge is 0.478 e. The molecule has 2 saturated carbocycles. The molecule has 3 aromatic heterocycles. The molecule has 3 amide bonds. The van der Waals surface area contributed by atoms with Crippen molar-refractivity contribution in [2.45, 2.75) is 156 Å². The quantitative estimate of drug-likeness (QED) is 0.0191. The van der Waals surface area contributed by atoms with Gasteiger partial charge < -0.3 is 41.4 Å².